The number of aliphatic hydroxyl groups is 1. The van der Waals surface area contributed by atoms with Gasteiger partial charge in [-0.2, -0.15) is 0 Å². The van der Waals surface area contributed by atoms with E-state index >= 15 is 0 Å². The number of anilines is 2. The maximum absolute atomic E-state index is 12.5. The average molecular weight is 367 g/mol. The number of rotatable bonds is 6. The maximum atomic E-state index is 12.5. The van der Waals surface area contributed by atoms with E-state index < -0.39 is 0 Å². The molecule has 1 unspecified atom stereocenters. The second-order valence-electron chi connectivity index (χ2n) is 7.09. The summed E-state index contributed by atoms with van der Waals surface area (Å²) in [6, 6.07) is 17.2. The Bertz CT molecular complexity index is 713. The van der Waals surface area contributed by atoms with Crippen LogP contribution >= 0.6 is 0 Å². The molecule has 5 nitrogen and oxygen atoms in total. The van der Waals surface area contributed by atoms with Crippen LogP contribution in [-0.4, -0.2) is 36.9 Å². The normalized spacial score (nSPS) is 15.7. The number of hydrogen-bond donors (Lipinski definition) is 3. The molecule has 0 radical (unpaired) electrons. The molecule has 1 atom stereocenters. The van der Waals surface area contributed by atoms with Crippen molar-refractivity contribution in [1.29, 1.82) is 0 Å². The van der Waals surface area contributed by atoms with E-state index in [1.165, 1.54) is 25.7 Å². The highest BCUT2D eigenvalue weighted by Crippen LogP contribution is 2.27. The van der Waals surface area contributed by atoms with E-state index in [2.05, 4.69) is 21.6 Å². The molecule has 0 saturated carbocycles. The summed E-state index contributed by atoms with van der Waals surface area (Å²) in [4.78, 5) is 14.9. The number of benzene rings is 2. The quantitative estimate of drug-likeness (QED) is 0.728. The molecule has 5 heteroatoms. The van der Waals surface area contributed by atoms with Gasteiger partial charge in [-0.15, -0.1) is 0 Å². The lowest BCUT2D eigenvalue weighted by atomic mass is 10.1. The van der Waals surface area contributed by atoms with Crippen LogP contribution in [0, 0.1) is 0 Å². The summed E-state index contributed by atoms with van der Waals surface area (Å²) in [5.41, 5.74) is 2.97. The highest BCUT2D eigenvalue weighted by atomic mass is 16.3. The smallest absolute Gasteiger partial charge is 0.319 e. The fourth-order valence-corrected chi connectivity index (χ4v) is 3.57. The Morgan fingerprint density at radius 2 is 1.63 bits per heavy atom. The van der Waals surface area contributed by atoms with E-state index in [-0.39, 0.29) is 18.7 Å². The third kappa shape index (κ3) is 5.73. The van der Waals surface area contributed by atoms with Crippen LogP contribution in [0.3, 0.4) is 0 Å². The number of nitrogens with one attached hydrogen (secondary N) is 2. The van der Waals surface area contributed by atoms with Crippen molar-refractivity contribution < 1.29 is 9.90 Å². The summed E-state index contributed by atoms with van der Waals surface area (Å²) < 4.78 is 0. The maximum Gasteiger partial charge on any atom is 0.319 e. The van der Waals surface area contributed by atoms with Crippen molar-refractivity contribution >= 4 is 17.4 Å². The molecule has 1 fully saturated rings. The third-order valence-electron chi connectivity index (χ3n) is 4.98. The lowest BCUT2D eigenvalue weighted by Crippen LogP contribution is -2.41. The van der Waals surface area contributed by atoms with Crippen molar-refractivity contribution in [2.24, 2.45) is 0 Å². The fourth-order valence-electron chi connectivity index (χ4n) is 3.57. The van der Waals surface area contributed by atoms with Crippen molar-refractivity contribution in [3.05, 3.63) is 60.2 Å². The Kier molecular flexibility index (Phi) is 7.11. The summed E-state index contributed by atoms with van der Waals surface area (Å²) in [7, 11) is 0. The number of para-hydroxylation sites is 2. The second kappa shape index (κ2) is 9.97. The molecular formula is C22H29N3O2. The first-order valence-corrected chi connectivity index (χ1v) is 9.82. The monoisotopic (exact) mass is 367 g/mol. The van der Waals surface area contributed by atoms with Crippen molar-refractivity contribution in [2.45, 2.75) is 38.1 Å². The molecule has 27 heavy (non-hydrogen) atoms. The molecule has 144 valence electrons. The van der Waals surface area contributed by atoms with Crippen molar-refractivity contribution in [2.75, 3.05) is 29.9 Å². The first kappa shape index (κ1) is 19.2. The first-order valence-electron chi connectivity index (χ1n) is 9.82. The van der Waals surface area contributed by atoms with Crippen LogP contribution in [0.2, 0.25) is 0 Å². The highest BCUT2D eigenvalue weighted by Gasteiger charge is 2.16. The van der Waals surface area contributed by atoms with E-state index in [9.17, 15) is 9.90 Å². The zero-order chi connectivity index (χ0) is 18.9. The predicted octanol–water partition coefficient (Wildman–Crippen LogP) is 3.79. The van der Waals surface area contributed by atoms with E-state index in [1.54, 1.807) is 0 Å². The van der Waals surface area contributed by atoms with Crippen LogP contribution in [0.15, 0.2) is 54.6 Å². The fraction of sp³-hybridized carbons (Fsp3) is 0.409. The van der Waals surface area contributed by atoms with Gasteiger partial charge in [0, 0.05) is 13.1 Å². The SMILES string of the molecule is O=C(Nc1ccccc1N1CCCCCC1)NC(CO)Cc1ccccc1. The largest absolute Gasteiger partial charge is 0.394 e. The van der Waals surface area contributed by atoms with E-state index in [1.807, 2.05) is 48.5 Å². The molecular weight excluding hydrogens is 338 g/mol. The van der Waals surface area contributed by atoms with Gasteiger partial charge >= 0.3 is 6.03 Å². The molecule has 1 saturated heterocycles. The predicted molar refractivity (Wildman–Crippen MR) is 110 cm³/mol. The van der Waals surface area contributed by atoms with E-state index in [0.717, 1.165) is 30.0 Å². The van der Waals surface area contributed by atoms with Gasteiger partial charge in [0.25, 0.3) is 0 Å². The number of amides is 2. The van der Waals surface area contributed by atoms with Crippen LogP contribution < -0.4 is 15.5 Å². The molecule has 3 N–H and O–H groups in total. The summed E-state index contributed by atoms with van der Waals surface area (Å²) in [5.74, 6) is 0. The van der Waals surface area contributed by atoms with Gasteiger partial charge < -0.3 is 20.6 Å². The Morgan fingerprint density at radius 1 is 0.963 bits per heavy atom. The molecule has 3 rings (SSSR count). The molecule has 1 aliphatic heterocycles. The van der Waals surface area contributed by atoms with E-state index in [4.69, 9.17) is 0 Å². The van der Waals surface area contributed by atoms with Gasteiger partial charge in [0.1, 0.15) is 0 Å². The van der Waals surface area contributed by atoms with Crippen LogP contribution in [0.5, 0.6) is 0 Å². The minimum atomic E-state index is -0.322. The lowest BCUT2D eigenvalue weighted by Gasteiger charge is -2.26. The average Bonchev–Trinajstić information content (AvgIpc) is 2.98. The van der Waals surface area contributed by atoms with Crippen LogP contribution in [0.25, 0.3) is 0 Å². The Morgan fingerprint density at radius 3 is 2.33 bits per heavy atom. The summed E-state index contributed by atoms with van der Waals surface area (Å²) in [5, 5.41) is 15.5. The minimum Gasteiger partial charge on any atom is -0.394 e. The summed E-state index contributed by atoms with van der Waals surface area (Å²) in [6.45, 7) is 1.94. The standard InChI is InChI=1S/C22H29N3O2/c26-17-19(16-18-10-4-3-5-11-18)23-22(27)24-20-12-6-7-13-21(20)25-14-8-1-2-9-15-25/h3-7,10-13,19,26H,1-2,8-9,14-17H2,(H2,23,24,27). The van der Waals surface area contributed by atoms with Crippen LogP contribution in [0.4, 0.5) is 16.2 Å². The summed E-state index contributed by atoms with van der Waals surface area (Å²) >= 11 is 0. The Hall–Kier alpha value is -2.53. The first-order chi connectivity index (χ1) is 13.3. The number of aliphatic hydroxyl groups excluding tert-OH is 1. The summed E-state index contributed by atoms with van der Waals surface area (Å²) in [6.07, 6.45) is 5.50. The van der Waals surface area contributed by atoms with Gasteiger partial charge in [0.2, 0.25) is 0 Å². The van der Waals surface area contributed by atoms with Gasteiger partial charge in [-0.1, -0.05) is 55.3 Å². The van der Waals surface area contributed by atoms with E-state index in [0.29, 0.717) is 6.42 Å². The van der Waals surface area contributed by atoms with Gasteiger partial charge in [-0.25, -0.2) is 4.79 Å². The topological polar surface area (TPSA) is 64.6 Å². The lowest BCUT2D eigenvalue weighted by molar-refractivity contribution is 0.224. The molecule has 2 amide bonds. The number of hydrogen-bond acceptors (Lipinski definition) is 3. The third-order valence-corrected chi connectivity index (χ3v) is 4.98. The zero-order valence-electron chi connectivity index (χ0n) is 15.7. The molecule has 1 heterocycles. The highest BCUT2D eigenvalue weighted by molar-refractivity contribution is 5.93. The molecule has 0 aromatic heterocycles. The Balaban J connectivity index is 1.63. The second-order valence-corrected chi connectivity index (χ2v) is 7.09. The molecule has 2 aromatic rings. The number of carbonyl (C=O) groups is 1. The van der Waals surface area contributed by atoms with Crippen molar-refractivity contribution in [1.82, 2.24) is 5.32 Å². The number of urea groups is 1. The molecule has 0 bridgehead atoms. The molecule has 0 spiro atoms. The van der Waals surface area contributed by atoms with Gasteiger partial charge in [0.05, 0.1) is 24.0 Å². The molecule has 2 aromatic carbocycles. The molecule has 0 aliphatic carbocycles. The minimum absolute atomic E-state index is 0.101. The van der Waals surface area contributed by atoms with Crippen LogP contribution in [0.1, 0.15) is 31.2 Å². The Labute approximate surface area is 161 Å². The van der Waals surface area contributed by atoms with Crippen LogP contribution in [-0.2, 0) is 6.42 Å². The van der Waals surface area contributed by atoms with Gasteiger partial charge in [-0.05, 0) is 37.0 Å². The number of nitrogens with zero attached hydrogens (tertiary/aromatic N) is 1. The van der Waals surface area contributed by atoms with Crippen molar-refractivity contribution in [3.63, 3.8) is 0 Å². The van der Waals surface area contributed by atoms with Gasteiger partial charge in [0.15, 0.2) is 0 Å². The number of carbonyl (C=O) groups excluding carboxylic acids is 1. The van der Waals surface area contributed by atoms with Gasteiger partial charge in [-0.3, -0.25) is 0 Å². The zero-order valence-corrected chi connectivity index (χ0v) is 15.7. The molecule has 1 aliphatic rings. The van der Waals surface area contributed by atoms with Crippen molar-refractivity contribution in [3.8, 4) is 0 Å².